The van der Waals surface area contributed by atoms with Crippen LogP contribution in [0.3, 0.4) is 0 Å². The number of nitrogens with two attached hydrogens (primary N) is 1. The van der Waals surface area contributed by atoms with Gasteiger partial charge in [-0.1, -0.05) is 13.8 Å². The Bertz CT molecular complexity index is 262. The maximum Gasteiger partial charge on any atom is 0.224 e. The Balaban J connectivity index is 2.52. The molecule has 2 atom stereocenters. The average molecular weight is 255 g/mol. The Hall–Kier alpha value is -0.610. The van der Waals surface area contributed by atoms with Crippen molar-refractivity contribution < 1.29 is 4.79 Å². The molecule has 1 fully saturated rings. The van der Waals surface area contributed by atoms with Crippen molar-refractivity contribution in [2.75, 3.05) is 26.7 Å². The van der Waals surface area contributed by atoms with Crippen LogP contribution < -0.4 is 5.73 Å². The summed E-state index contributed by atoms with van der Waals surface area (Å²) in [7, 11) is 2.08. The molecule has 18 heavy (non-hydrogen) atoms. The molecule has 1 aliphatic rings. The summed E-state index contributed by atoms with van der Waals surface area (Å²) in [6.07, 6.45) is 2.86. The molecule has 4 heteroatoms. The van der Waals surface area contributed by atoms with Crippen molar-refractivity contribution in [1.82, 2.24) is 9.80 Å². The molecule has 1 rings (SSSR count). The molecule has 0 spiro atoms. The second kappa shape index (κ2) is 7.10. The smallest absolute Gasteiger partial charge is 0.224 e. The van der Waals surface area contributed by atoms with Crippen LogP contribution >= 0.6 is 0 Å². The number of amides is 1. The zero-order valence-electron chi connectivity index (χ0n) is 12.4. The summed E-state index contributed by atoms with van der Waals surface area (Å²) in [5.41, 5.74) is 5.85. The first-order valence-corrected chi connectivity index (χ1v) is 7.17. The highest BCUT2D eigenvalue weighted by Crippen LogP contribution is 2.16. The van der Waals surface area contributed by atoms with Gasteiger partial charge in [0.2, 0.25) is 5.91 Å². The average Bonchev–Trinajstić information content (AvgIpc) is 2.87. The molecule has 1 aliphatic heterocycles. The number of hydrogen-bond donors (Lipinski definition) is 1. The first kappa shape index (κ1) is 15.4. The lowest BCUT2D eigenvalue weighted by atomic mass is 10.0. The highest BCUT2D eigenvalue weighted by atomic mass is 16.2. The Kier molecular flexibility index (Phi) is 6.09. The van der Waals surface area contributed by atoms with Gasteiger partial charge in [-0.15, -0.1) is 0 Å². The van der Waals surface area contributed by atoms with Crippen molar-refractivity contribution in [2.45, 2.75) is 52.1 Å². The van der Waals surface area contributed by atoms with Gasteiger partial charge >= 0.3 is 0 Å². The van der Waals surface area contributed by atoms with Crippen molar-refractivity contribution in [2.24, 2.45) is 11.7 Å². The van der Waals surface area contributed by atoms with Crippen molar-refractivity contribution in [3.63, 3.8) is 0 Å². The molecule has 0 bridgehead atoms. The largest absolute Gasteiger partial charge is 0.343 e. The van der Waals surface area contributed by atoms with Gasteiger partial charge in [0, 0.05) is 38.1 Å². The normalized spacial score (nSPS) is 19.6. The Morgan fingerprint density at radius 2 is 1.83 bits per heavy atom. The summed E-state index contributed by atoms with van der Waals surface area (Å²) >= 11 is 0. The second-order valence-electron chi connectivity index (χ2n) is 5.83. The zero-order chi connectivity index (χ0) is 13.7. The fraction of sp³-hybridized carbons (Fsp3) is 0.929. The number of nitrogens with zero attached hydrogens (tertiary/aromatic N) is 2. The molecule has 0 aliphatic carbocycles. The van der Waals surface area contributed by atoms with Gasteiger partial charge in [-0.25, -0.2) is 0 Å². The van der Waals surface area contributed by atoms with E-state index in [0.29, 0.717) is 24.9 Å². The van der Waals surface area contributed by atoms with E-state index in [4.69, 9.17) is 5.73 Å². The molecule has 0 radical (unpaired) electrons. The second-order valence-corrected chi connectivity index (χ2v) is 5.83. The van der Waals surface area contributed by atoms with E-state index in [1.165, 1.54) is 0 Å². The molecule has 4 nitrogen and oxygen atoms in total. The van der Waals surface area contributed by atoms with Crippen LogP contribution in [0.2, 0.25) is 0 Å². The summed E-state index contributed by atoms with van der Waals surface area (Å²) < 4.78 is 0. The molecule has 0 aromatic rings. The number of hydrogen-bond acceptors (Lipinski definition) is 3. The summed E-state index contributed by atoms with van der Waals surface area (Å²) in [5, 5.41) is 0. The van der Waals surface area contributed by atoms with E-state index in [2.05, 4.69) is 32.7 Å². The fourth-order valence-electron chi connectivity index (χ4n) is 2.49. The topological polar surface area (TPSA) is 49.6 Å². The van der Waals surface area contributed by atoms with Crippen LogP contribution in [0.25, 0.3) is 0 Å². The summed E-state index contributed by atoms with van der Waals surface area (Å²) in [4.78, 5) is 16.4. The van der Waals surface area contributed by atoms with Crippen molar-refractivity contribution in [3.8, 4) is 0 Å². The minimum absolute atomic E-state index is 0.163. The summed E-state index contributed by atoms with van der Waals surface area (Å²) in [5.74, 6) is 0.844. The van der Waals surface area contributed by atoms with E-state index in [1.807, 2.05) is 4.90 Å². The van der Waals surface area contributed by atoms with Crippen molar-refractivity contribution in [3.05, 3.63) is 0 Å². The summed E-state index contributed by atoms with van der Waals surface area (Å²) in [6.45, 7) is 9.02. The lowest BCUT2D eigenvalue weighted by Crippen LogP contribution is -2.47. The first-order valence-electron chi connectivity index (χ1n) is 7.17. The molecule has 1 saturated heterocycles. The van der Waals surface area contributed by atoms with E-state index >= 15 is 0 Å². The lowest BCUT2D eigenvalue weighted by Gasteiger charge is -2.35. The van der Waals surface area contributed by atoms with Crippen LogP contribution in [0, 0.1) is 5.92 Å². The predicted molar refractivity (Wildman–Crippen MR) is 75.3 cm³/mol. The number of rotatable bonds is 6. The van der Waals surface area contributed by atoms with Crippen LogP contribution in [-0.2, 0) is 4.79 Å². The van der Waals surface area contributed by atoms with Crippen molar-refractivity contribution in [1.29, 1.82) is 0 Å². The van der Waals surface area contributed by atoms with Gasteiger partial charge < -0.3 is 10.6 Å². The van der Waals surface area contributed by atoms with E-state index in [0.717, 1.165) is 25.9 Å². The molecule has 2 unspecified atom stereocenters. The number of likely N-dealkylation sites (N-methyl/N-ethyl adjacent to an activating group) is 1. The van der Waals surface area contributed by atoms with Crippen LogP contribution in [0.4, 0.5) is 0 Å². The zero-order valence-corrected chi connectivity index (χ0v) is 12.4. The standard InChI is InChI=1S/C14H29N3O/c1-11(2)12(3)16(4)13(10-15)9-14(18)17-7-5-6-8-17/h11-13H,5-10,15H2,1-4H3. The molecule has 2 N–H and O–H groups in total. The molecule has 0 aromatic heterocycles. The quantitative estimate of drug-likeness (QED) is 0.778. The molecule has 1 heterocycles. The molecule has 0 aromatic carbocycles. The van der Waals surface area contributed by atoms with Gasteiger partial charge in [0.1, 0.15) is 0 Å². The third kappa shape index (κ3) is 3.95. The maximum atomic E-state index is 12.2. The van der Waals surface area contributed by atoms with E-state index in [9.17, 15) is 4.79 Å². The van der Waals surface area contributed by atoms with Gasteiger partial charge in [0.15, 0.2) is 0 Å². The van der Waals surface area contributed by atoms with Gasteiger partial charge in [-0.05, 0) is 32.7 Å². The Labute approximate surface area is 111 Å². The minimum Gasteiger partial charge on any atom is -0.343 e. The van der Waals surface area contributed by atoms with E-state index < -0.39 is 0 Å². The van der Waals surface area contributed by atoms with Gasteiger partial charge in [0.05, 0.1) is 0 Å². The van der Waals surface area contributed by atoms with Gasteiger partial charge in [0.25, 0.3) is 0 Å². The predicted octanol–water partition coefficient (Wildman–Crippen LogP) is 1.30. The molecule has 106 valence electrons. The monoisotopic (exact) mass is 255 g/mol. The fourth-order valence-corrected chi connectivity index (χ4v) is 2.49. The molecule has 1 amide bonds. The Morgan fingerprint density at radius 3 is 2.28 bits per heavy atom. The highest BCUT2D eigenvalue weighted by molar-refractivity contribution is 5.77. The minimum atomic E-state index is 0.163. The third-order valence-electron chi connectivity index (χ3n) is 4.32. The highest BCUT2D eigenvalue weighted by Gasteiger charge is 2.26. The van der Waals surface area contributed by atoms with Gasteiger partial charge in [-0.3, -0.25) is 9.69 Å². The number of likely N-dealkylation sites (tertiary alicyclic amines) is 1. The van der Waals surface area contributed by atoms with Crippen LogP contribution in [0.5, 0.6) is 0 Å². The van der Waals surface area contributed by atoms with E-state index in [-0.39, 0.29) is 11.9 Å². The summed E-state index contributed by atoms with van der Waals surface area (Å²) in [6, 6.07) is 0.612. The van der Waals surface area contributed by atoms with Crippen LogP contribution in [-0.4, -0.2) is 54.5 Å². The molecular formula is C14H29N3O. The van der Waals surface area contributed by atoms with Crippen LogP contribution in [0.15, 0.2) is 0 Å². The molecular weight excluding hydrogens is 226 g/mol. The van der Waals surface area contributed by atoms with E-state index in [1.54, 1.807) is 0 Å². The van der Waals surface area contributed by atoms with Crippen molar-refractivity contribution >= 4 is 5.91 Å². The third-order valence-corrected chi connectivity index (χ3v) is 4.32. The number of carbonyl (C=O) groups is 1. The maximum absolute atomic E-state index is 12.2. The number of carbonyl (C=O) groups excluding carboxylic acids is 1. The SMILES string of the molecule is CC(C)C(C)N(C)C(CN)CC(=O)N1CCCC1. The lowest BCUT2D eigenvalue weighted by molar-refractivity contribution is -0.131. The Morgan fingerprint density at radius 1 is 1.28 bits per heavy atom. The van der Waals surface area contributed by atoms with Gasteiger partial charge in [-0.2, -0.15) is 0 Å². The van der Waals surface area contributed by atoms with Crippen LogP contribution in [0.1, 0.15) is 40.0 Å². The molecule has 0 saturated carbocycles. The first-order chi connectivity index (χ1) is 8.47.